The summed E-state index contributed by atoms with van der Waals surface area (Å²) < 4.78 is 0. The van der Waals surface area contributed by atoms with Gasteiger partial charge in [0.15, 0.2) is 0 Å². The van der Waals surface area contributed by atoms with E-state index in [0.29, 0.717) is 5.41 Å². The van der Waals surface area contributed by atoms with Gasteiger partial charge in [-0.25, -0.2) is 0 Å². The van der Waals surface area contributed by atoms with E-state index in [9.17, 15) is 0 Å². The first-order chi connectivity index (χ1) is 5.42. The van der Waals surface area contributed by atoms with Gasteiger partial charge in [0, 0.05) is 5.41 Å². The van der Waals surface area contributed by atoms with Crippen LogP contribution in [0.3, 0.4) is 0 Å². The van der Waals surface area contributed by atoms with E-state index < -0.39 is 0 Å². The third-order valence-corrected chi connectivity index (χ3v) is 3.42. The Morgan fingerprint density at radius 3 is 2.18 bits per heavy atom. The molecular formula is C11H12. The molecule has 0 heteroatoms. The van der Waals surface area contributed by atoms with E-state index in [0.717, 1.165) is 0 Å². The van der Waals surface area contributed by atoms with E-state index in [2.05, 4.69) is 24.3 Å². The summed E-state index contributed by atoms with van der Waals surface area (Å²) in [7, 11) is 0. The molecule has 0 aromatic heterocycles. The van der Waals surface area contributed by atoms with Gasteiger partial charge in [-0.2, -0.15) is 0 Å². The second kappa shape index (κ2) is 1.69. The van der Waals surface area contributed by atoms with Crippen LogP contribution < -0.4 is 0 Å². The van der Waals surface area contributed by atoms with Gasteiger partial charge in [0.25, 0.3) is 0 Å². The van der Waals surface area contributed by atoms with E-state index in [-0.39, 0.29) is 0 Å². The monoisotopic (exact) mass is 144 g/mol. The second-order valence-corrected chi connectivity index (χ2v) is 3.87. The van der Waals surface area contributed by atoms with Gasteiger partial charge in [0.1, 0.15) is 0 Å². The topological polar surface area (TPSA) is 0 Å². The zero-order valence-electron chi connectivity index (χ0n) is 6.64. The molecule has 1 saturated carbocycles. The first-order valence-electron chi connectivity index (χ1n) is 4.53. The Morgan fingerprint density at radius 1 is 1.00 bits per heavy atom. The van der Waals surface area contributed by atoms with Gasteiger partial charge in [-0.05, 0) is 24.0 Å². The molecule has 0 unspecified atom stereocenters. The van der Waals surface area contributed by atoms with Crippen molar-refractivity contribution in [2.75, 3.05) is 0 Å². The van der Waals surface area contributed by atoms with E-state index in [4.69, 9.17) is 0 Å². The first-order valence-corrected chi connectivity index (χ1v) is 4.53. The predicted molar refractivity (Wildman–Crippen MR) is 45.7 cm³/mol. The number of benzene rings is 1. The molecule has 1 spiro atoms. The maximum atomic E-state index is 2.35. The molecule has 1 aromatic rings. The normalized spacial score (nSPS) is 23.6. The molecule has 1 aromatic carbocycles. The Labute approximate surface area is 67.2 Å². The SMILES string of the molecule is c1cc2cc(c1)C21CCCC1. The van der Waals surface area contributed by atoms with Crippen molar-refractivity contribution in [3.05, 3.63) is 35.4 Å². The predicted octanol–water partition coefficient (Wildman–Crippen LogP) is 2.86. The molecule has 0 radical (unpaired) electrons. The minimum absolute atomic E-state index is 0.564. The van der Waals surface area contributed by atoms with Crippen LogP contribution >= 0.6 is 0 Å². The molecule has 0 atom stereocenters. The van der Waals surface area contributed by atoms with Gasteiger partial charge < -0.3 is 0 Å². The van der Waals surface area contributed by atoms with Crippen LogP contribution in [0.25, 0.3) is 0 Å². The molecule has 0 amide bonds. The molecule has 3 aliphatic carbocycles. The van der Waals surface area contributed by atoms with Crippen molar-refractivity contribution in [2.45, 2.75) is 31.1 Å². The number of rotatable bonds is 0. The zero-order chi connectivity index (χ0) is 7.31. The highest BCUT2D eigenvalue weighted by atomic mass is 14.5. The van der Waals surface area contributed by atoms with Crippen LogP contribution in [-0.4, -0.2) is 0 Å². The molecule has 0 N–H and O–H groups in total. The van der Waals surface area contributed by atoms with Crippen molar-refractivity contribution in [1.29, 1.82) is 0 Å². The highest BCUT2D eigenvalue weighted by Gasteiger charge is 2.42. The van der Waals surface area contributed by atoms with E-state index in [1.54, 1.807) is 11.1 Å². The van der Waals surface area contributed by atoms with Crippen LogP contribution in [0.4, 0.5) is 0 Å². The minimum atomic E-state index is 0.564. The molecular weight excluding hydrogens is 132 g/mol. The Hall–Kier alpha value is -0.780. The van der Waals surface area contributed by atoms with Gasteiger partial charge >= 0.3 is 0 Å². The highest BCUT2D eigenvalue weighted by Crippen LogP contribution is 2.52. The summed E-state index contributed by atoms with van der Waals surface area (Å²) in [6, 6.07) is 9.12. The van der Waals surface area contributed by atoms with Gasteiger partial charge in [-0.3, -0.25) is 0 Å². The third kappa shape index (κ3) is 0.526. The van der Waals surface area contributed by atoms with Crippen LogP contribution in [0.15, 0.2) is 24.3 Å². The van der Waals surface area contributed by atoms with Crippen molar-refractivity contribution in [2.24, 2.45) is 0 Å². The largest absolute Gasteiger partial charge is 0.0617 e. The Balaban J connectivity index is 2.15. The summed E-state index contributed by atoms with van der Waals surface area (Å²) in [4.78, 5) is 0. The Kier molecular flexibility index (Phi) is 0.892. The van der Waals surface area contributed by atoms with Gasteiger partial charge in [-0.1, -0.05) is 37.1 Å². The van der Waals surface area contributed by atoms with Crippen LogP contribution in [0.2, 0.25) is 0 Å². The van der Waals surface area contributed by atoms with Crippen LogP contribution in [-0.2, 0) is 5.41 Å². The molecule has 3 aliphatic rings. The molecule has 0 heterocycles. The average molecular weight is 144 g/mol. The molecule has 0 nitrogen and oxygen atoms in total. The van der Waals surface area contributed by atoms with Gasteiger partial charge in [0.2, 0.25) is 0 Å². The lowest BCUT2D eigenvalue weighted by atomic mass is 9.65. The fourth-order valence-electron chi connectivity index (χ4n) is 2.76. The lowest BCUT2D eigenvalue weighted by Crippen LogP contribution is -2.31. The van der Waals surface area contributed by atoms with Gasteiger partial charge in [-0.15, -0.1) is 0 Å². The first kappa shape index (κ1) is 5.82. The quantitative estimate of drug-likeness (QED) is 0.525. The average Bonchev–Trinajstić information content (AvgIpc) is 2.56. The number of fused-ring (bicyclic) bond motifs is 2. The summed E-state index contributed by atoms with van der Waals surface area (Å²) in [5.74, 6) is 0. The number of hydrogen-bond acceptors (Lipinski definition) is 0. The molecule has 2 bridgehead atoms. The summed E-state index contributed by atoms with van der Waals surface area (Å²) in [5.41, 5.74) is 3.77. The van der Waals surface area contributed by atoms with Crippen LogP contribution in [0.5, 0.6) is 0 Å². The van der Waals surface area contributed by atoms with Crippen LogP contribution in [0, 0.1) is 0 Å². The van der Waals surface area contributed by atoms with Crippen molar-refractivity contribution in [1.82, 2.24) is 0 Å². The maximum absolute atomic E-state index is 2.35. The van der Waals surface area contributed by atoms with Crippen LogP contribution in [0.1, 0.15) is 36.8 Å². The molecule has 0 saturated heterocycles. The Morgan fingerprint density at radius 2 is 1.64 bits per heavy atom. The molecule has 11 heavy (non-hydrogen) atoms. The Bertz CT molecular complexity index is 264. The third-order valence-electron chi connectivity index (χ3n) is 3.42. The smallest absolute Gasteiger partial charge is 0.0203 e. The lowest BCUT2D eigenvalue weighted by Gasteiger charge is -2.39. The van der Waals surface area contributed by atoms with Gasteiger partial charge in [0.05, 0.1) is 0 Å². The van der Waals surface area contributed by atoms with Crippen molar-refractivity contribution in [3.8, 4) is 0 Å². The summed E-state index contributed by atoms with van der Waals surface area (Å²) in [6.45, 7) is 0. The second-order valence-electron chi connectivity index (χ2n) is 3.87. The minimum Gasteiger partial charge on any atom is -0.0617 e. The summed E-state index contributed by atoms with van der Waals surface area (Å²) >= 11 is 0. The van der Waals surface area contributed by atoms with E-state index in [1.165, 1.54) is 25.7 Å². The van der Waals surface area contributed by atoms with Crippen molar-refractivity contribution < 1.29 is 0 Å². The molecule has 0 aliphatic heterocycles. The highest BCUT2D eigenvalue weighted by molar-refractivity contribution is 5.51. The summed E-state index contributed by atoms with van der Waals surface area (Å²) in [5, 5.41) is 0. The van der Waals surface area contributed by atoms with Crippen molar-refractivity contribution in [3.63, 3.8) is 0 Å². The molecule has 4 rings (SSSR count). The zero-order valence-corrected chi connectivity index (χ0v) is 6.64. The standard InChI is InChI=1S/C11H12/c1-2-7-11(6-1)9-4-3-5-10(11)8-9/h3-5,8H,1-2,6-7H2. The lowest BCUT2D eigenvalue weighted by molar-refractivity contribution is 0.499. The molecule has 1 fully saturated rings. The van der Waals surface area contributed by atoms with Crippen molar-refractivity contribution >= 4 is 0 Å². The fourth-order valence-corrected chi connectivity index (χ4v) is 2.76. The fraction of sp³-hybridized carbons (Fsp3) is 0.455. The number of hydrogen-bond donors (Lipinski definition) is 0. The maximum Gasteiger partial charge on any atom is 0.0203 e. The van der Waals surface area contributed by atoms with E-state index >= 15 is 0 Å². The van der Waals surface area contributed by atoms with E-state index in [1.807, 2.05) is 0 Å². The summed E-state index contributed by atoms with van der Waals surface area (Å²) in [6.07, 6.45) is 5.69. The molecule has 56 valence electrons.